The summed E-state index contributed by atoms with van der Waals surface area (Å²) in [5.41, 5.74) is 6.69. The first kappa shape index (κ1) is 24.3. The summed E-state index contributed by atoms with van der Waals surface area (Å²) in [6.07, 6.45) is 0. The highest BCUT2D eigenvalue weighted by Crippen LogP contribution is 2.22. The summed E-state index contributed by atoms with van der Waals surface area (Å²) in [7, 11) is -3.52. The summed E-state index contributed by atoms with van der Waals surface area (Å²) < 4.78 is 32.1. The molecule has 0 aliphatic carbocycles. The fraction of sp³-hybridized carbons (Fsp3) is 0.391. The molecule has 1 saturated heterocycles. The molecule has 2 aromatic rings. The van der Waals surface area contributed by atoms with Gasteiger partial charge in [0, 0.05) is 18.8 Å². The molecule has 1 fully saturated rings. The molecule has 7 nitrogen and oxygen atoms in total. The molecule has 2 aromatic carbocycles. The van der Waals surface area contributed by atoms with Gasteiger partial charge in [-0.05, 0) is 59.9 Å². The molecule has 0 amide bonds. The maximum atomic E-state index is 12.7. The Bertz CT molecular complexity index is 1070. The Morgan fingerprint density at radius 1 is 1.03 bits per heavy atom. The van der Waals surface area contributed by atoms with E-state index in [-0.39, 0.29) is 10.3 Å². The van der Waals surface area contributed by atoms with Gasteiger partial charge in [-0.1, -0.05) is 45.0 Å². The number of hydrogen-bond acceptors (Lipinski definition) is 5. The van der Waals surface area contributed by atoms with E-state index in [0.717, 1.165) is 11.3 Å². The highest BCUT2D eigenvalue weighted by atomic mass is 32.2. The fourth-order valence-corrected chi connectivity index (χ4v) is 4.79. The number of anilines is 1. The van der Waals surface area contributed by atoms with E-state index in [4.69, 9.17) is 17.0 Å². The Labute approximate surface area is 195 Å². The second-order valence-electron chi connectivity index (χ2n) is 8.63. The molecule has 1 heterocycles. The third kappa shape index (κ3) is 6.13. The van der Waals surface area contributed by atoms with E-state index >= 15 is 0 Å². The minimum atomic E-state index is -3.52. The van der Waals surface area contributed by atoms with Crippen LogP contribution in [0.2, 0.25) is 0 Å². The first-order valence-electron chi connectivity index (χ1n) is 10.5. The van der Waals surface area contributed by atoms with Crippen LogP contribution < -0.4 is 10.7 Å². The molecule has 0 bridgehead atoms. The first-order valence-corrected chi connectivity index (χ1v) is 12.3. The normalized spacial score (nSPS) is 15.9. The van der Waals surface area contributed by atoms with Crippen LogP contribution in [-0.2, 0) is 20.2 Å². The van der Waals surface area contributed by atoms with E-state index in [2.05, 4.69) is 48.7 Å². The average molecular weight is 475 g/mol. The topological polar surface area (TPSA) is 83.0 Å². The van der Waals surface area contributed by atoms with Gasteiger partial charge in [-0.3, -0.25) is 5.43 Å². The molecule has 1 aliphatic rings. The molecule has 0 aromatic heterocycles. The van der Waals surface area contributed by atoms with Crippen molar-refractivity contribution in [2.24, 2.45) is 5.10 Å². The van der Waals surface area contributed by atoms with Gasteiger partial charge in [0.25, 0.3) is 0 Å². The van der Waals surface area contributed by atoms with Crippen molar-refractivity contribution in [3.8, 4) is 0 Å². The highest BCUT2D eigenvalue weighted by Gasteiger charge is 2.26. The van der Waals surface area contributed by atoms with Gasteiger partial charge in [-0.15, -0.1) is 0 Å². The zero-order valence-corrected chi connectivity index (χ0v) is 20.5. The molecule has 3 rings (SSSR count). The van der Waals surface area contributed by atoms with E-state index < -0.39 is 10.0 Å². The number of thiocarbonyl (C=S) groups is 1. The van der Waals surface area contributed by atoms with Gasteiger partial charge in [-0.25, -0.2) is 8.42 Å². The SMILES string of the molecule is C/C(=N/NC(=S)Nc1ccc(S(=O)(=O)N2CCOCC2)cc1)c1ccc(C(C)(C)C)cc1. The lowest BCUT2D eigenvalue weighted by molar-refractivity contribution is 0.0730. The standard InChI is InChI=1S/C23H30N4O3S2/c1-17(18-5-7-19(8-6-18)23(2,3)4)25-26-22(31)24-20-9-11-21(12-10-20)32(28,29)27-13-15-30-16-14-27/h5-12H,13-16H2,1-4H3,(H2,24,26,31)/b25-17-. The van der Waals surface area contributed by atoms with Crippen LogP contribution in [-0.4, -0.2) is 49.9 Å². The van der Waals surface area contributed by atoms with Gasteiger partial charge in [0.05, 0.1) is 23.8 Å². The Balaban J connectivity index is 1.59. The van der Waals surface area contributed by atoms with Crippen LogP contribution in [0.3, 0.4) is 0 Å². The molecule has 0 spiro atoms. The minimum absolute atomic E-state index is 0.102. The molecular formula is C23H30N4O3S2. The van der Waals surface area contributed by atoms with Gasteiger partial charge in [0.1, 0.15) is 0 Å². The van der Waals surface area contributed by atoms with Crippen molar-refractivity contribution >= 4 is 38.8 Å². The van der Waals surface area contributed by atoms with Crippen LogP contribution in [0.1, 0.15) is 38.8 Å². The largest absolute Gasteiger partial charge is 0.379 e. The number of benzene rings is 2. The number of ether oxygens (including phenoxy) is 1. The monoisotopic (exact) mass is 474 g/mol. The van der Waals surface area contributed by atoms with Gasteiger partial charge < -0.3 is 10.1 Å². The lowest BCUT2D eigenvalue weighted by Gasteiger charge is -2.26. The van der Waals surface area contributed by atoms with Gasteiger partial charge in [0.15, 0.2) is 5.11 Å². The first-order chi connectivity index (χ1) is 15.1. The van der Waals surface area contributed by atoms with Crippen molar-refractivity contribution in [1.29, 1.82) is 0 Å². The van der Waals surface area contributed by atoms with Crippen LogP contribution in [0.5, 0.6) is 0 Å². The van der Waals surface area contributed by atoms with Crippen LogP contribution in [0.15, 0.2) is 58.5 Å². The zero-order chi connectivity index (χ0) is 23.4. The molecule has 0 unspecified atom stereocenters. The van der Waals surface area contributed by atoms with Crippen LogP contribution in [0.25, 0.3) is 0 Å². The van der Waals surface area contributed by atoms with E-state index in [0.29, 0.717) is 37.1 Å². The van der Waals surface area contributed by atoms with Crippen LogP contribution >= 0.6 is 12.2 Å². The number of hydrogen-bond donors (Lipinski definition) is 2. The molecule has 2 N–H and O–H groups in total. The van der Waals surface area contributed by atoms with E-state index in [9.17, 15) is 8.42 Å². The number of morpholine rings is 1. The van der Waals surface area contributed by atoms with Crippen molar-refractivity contribution < 1.29 is 13.2 Å². The summed E-state index contributed by atoms with van der Waals surface area (Å²) in [5, 5.41) is 7.69. The number of nitrogens with one attached hydrogen (secondary N) is 2. The number of rotatable bonds is 5. The number of sulfonamides is 1. The van der Waals surface area contributed by atoms with Crippen molar-refractivity contribution in [3.05, 3.63) is 59.7 Å². The minimum Gasteiger partial charge on any atom is -0.379 e. The average Bonchev–Trinajstić information content (AvgIpc) is 2.78. The summed E-state index contributed by atoms with van der Waals surface area (Å²) >= 11 is 5.31. The smallest absolute Gasteiger partial charge is 0.243 e. The third-order valence-electron chi connectivity index (χ3n) is 5.21. The Kier molecular flexibility index (Phi) is 7.66. The zero-order valence-electron chi connectivity index (χ0n) is 18.9. The summed E-state index contributed by atoms with van der Waals surface area (Å²) in [5.74, 6) is 0. The van der Waals surface area contributed by atoms with Crippen LogP contribution in [0, 0.1) is 0 Å². The highest BCUT2D eigenvalue weighted by molar-refractivity contribution is 7.89. The molecule has 0 atom stereocenters. The number of hydrazone groups is 1. The predicted molar refractivity (Wildman–Crippen MR) is 133 cm³/mol. The third-order valence-corrected chi connectivity index (χ3v) is 7.32. The predicted octanol–water partition coefficient (Wildman–Crippen LogP) is 3.72. The Morgan fingerprint density at radius 3 is 2.19 bits per heavy atom. The van der Waals surface area contributed by atoms with Gasteiger partial charge in [0.2, 0.25) is 10.0 Å². The van der Waals surface area contributed by atoms with E-state index in [1.54, 1.807) is 24.3 Å². The molecular weight excluding hydrogens is 444 g/mol. The fourth-order valence-electron chi connectivity index (χ4n) is 3.22. The number of nitrogens with zero attached hydrogens (tertiary/aromatic N) is 2. The quantitative estimate of drug-likeness (QED) is 0.391. The van der Waals surface area contributed by atoms with Crippen molar-refractivity contribution in [2.45, 2.75) is 38.0 Å². The van der Waals surface area contributed by atoms with Crippen molar-refractivity contribution in [2.75, 3.05) is 31.6 Å². The molecule has 0 saturated carbocycles. The van der Waals surface area contributed by atoms with Crippen molar-refractivity contribution in [3.63, 3.8) is 0 Å². The van der Waals surface area contributed by atoms with Gasteiger partial charge in [-0.2, -0.15) is 9.41 Å². The summed E-state index contributed by atoms with van der Waals surface area (Å²) in [6, 6.07) is 14.8. The maximum Gasteiger partial charge on any atom is 0.243 e. The van der Waals surface area contributed by atoms with E-state index in [1.807, 2.05) is 19.1 Å². The lowest BCUT2D eigenvalue weighted by atomic mass is 9.86. The van der Waals surface area contributed by atoms with E-state index in [1.165, 1.54) is 9.87 Å². The summed E-state index contributed by atoms with van der Waals surface area (Å²) in [4.78, 5) is 0.247. The molecule has 172 valence electrons. The molecule has 32 heavy (non-hydrogen) atoms. The summed E-state index contributed by atoms with van der Waals surface area (Å²) in [6.45, 7) is 10.0. The molecule has 0 radical (unpaired) electrons. The Morgan fingerprint density at radius 2 is 1.62 bits per heavy atom. The second-order valence-corrected chi connectivity index (χ2v) is 11.0. The maximum absolute atomic E-state index is 12.7. The molecule has 1 aliphatic heterocycles. The van der Waals surface area contributed by atoms with Crippen LogP contribution in [0.4, 0.5) is 5.69 Å². The molecule has 9 heteroatoms. The Hall–Kier alpha value is -2.33. The lowest BCUT2D eigenvalue weighted by Crippen LogP contribution is -2.40. The van der Waals surface area contributed by atoms with Gasteiger partial charge >= 0.3 is 0 Å². The second kappa shape index (κ2) is 10.1. The van der Waals surface area contributed by atoms with Crippen molar-refractivity contribution in [1.82, 2.24) is 9.73 Å².